The summed E-state index contributed by atoms with van der Waals surface area (Å²) in [6.45, 7) is 6.04. The number of fused-ring (bicyclic) bond motifs is 1. The zero-order chi connectivity index (χ0) is 10.8. The van der Waals surface area contributed by atoms with Crippen molar-refractivity contribution in [2.24, 2.45) is 4.99 Å². The van der Waals surface area contributed by atoms with E-state index in [1.807, 2.05) is 30.6 Å². The van der Waals surface area contributed by atoms with Gasteiger partial charge in [0, 0.05) is 24.3 Å². The van der Waals surface area contributed by atoms with E-state index in [1.54, 1.807) is 6.20 Å². The number of imidazole rings is 1. The van der Waals surface area contributed by atoms with Crippen molar-refractivity contribution in [2.75, 3.05) is 0 Å². The molecule has 2 aromatic heterocycles. The van der Waals surface area contributed by atoms with Gasteiger partial charge in [0.1, 0.15) is 0 Å². The van der Waals surface area contributed by atoms with Gasteiger partial charge in [-0.1, -0.05) is 6.92 Å². The summed E-state index contributed by atoms with van der Waals surface area (Å²) >= 11 is 0. The first-order chi connectivity index (χ1) is 7.20. The fourth-order valence-corrected chi connectivity index (χ4v) is 1.37. The van der Waals surface area contributed by atoms with E-state index in [1.165, 1.54) is 0 Å². The third kappa shape index (κ3) is 1.88. The Hall–Kier alpha value is -1.71. The van der Waals surface area contributed by atoms with Crippen molar-refractivity contribution in [3.63, 3.8) is 0 Å². The first kappa shape index (κ1) is 9.83. The smallest absolute Gasteiger partial charge is 0.196 e. The van der Waals surface area contributed by atoms with Gasteiger partial charge in [0.25, 0.3) is 0 Å². The van der Waals surface area contributed by atoms with Gasteiger partial charge < -0.3 is 4.40 Å². The predicted octanol–water partition coefficient (Wildman–Crippen LogP) is 2.54. The van der Waals surface area contributed by atoms with Gasteiger partial charge in [-0.25, -0.2) is 15.0 Å². The lowest BCUT2D eigenvalue weighted by Gasteiger charge is -2.01. The third-order valence-corrected chi connectivity index (χ3v) is 2.29. The van der Waals surface area contributed by atoms with Crippen LogP contribution in [0.5, 0.6) is 0 Å². The van der Waals surface area contributed by atoms with E-state index in [0.717, 1.165) is 23.5 Å². The summed E-state index contributed by atoms with van der Waals surface area (Å²) in [4.78, 5) is 13.1. The van der Waals surface area contributed by atoms with E-state index in [2.05, 4.69) is 21.9 Å². The average Bonchev–Trinajstić information content (AvgIpc) is 2.65. The normalized spacial score (nSPS) is 12.3. The lowest BCUT2D eigenvalue weighted by Crippen LogP contribution is -1.93. The van der Waals surface area contributed by atoms with Crippen LogP contribution >= 0.6 is 0 Å². The molecule has 78 valence electrons. The molecule has 0 atom stereocenters. The van der Waals surface area contributed by atoms with Crippen LogP contribution in [0.3, 0.4) is 0 Å². The molecular formula is C11H14N4. The van der Waals surface area contributed by atoms with E-state index in [4.69, 9.17) is 0 Å². The largest absolute Gasteiger partial charge is 0.302 e. The molecule has 0 radical (unpaired) electrons. The second kappa shape index (κ2) is 3.81. The van der Waals surface area contributed by atoms with Gasteiger partial charge in [-0.2, -0.15) is 0 Å². The first-order valence-electron chi connectivity index (χ1n) is 5.05. The Morgan fingerprint density at radius 3 is 3.07 bits per heavy atom. The summed E-state index contributed by atoms with van der Waals surface area (Å²) in [5.74, 6) is 0.708. The quantitative estimate of drug-likeness (QED) is 0.702. The molecule has 0 saturated carbocycles. The standard InChI is InChI=1S/C11H14N4/c1-4-8(2)13-10-11-12-5-6-15(11)7-9(3)14-10/h5-7H,4H2,1-3H3. The van der Waals surface area contributed by atoms with Crippen molar-refractivity contribution in [3.8, 4) is 0 Å². The molecule has 4 nitrogen and oxygen atoms in total. The molecule has 0 fully saturated rings. The van der Waals surface area contributed by atoms with Gasteiger partial charge in [-0.05, 0) is 20.3 Å². The van der Waals surface area contributed by atoms with Crippen LogP contribution in [0.15, 0.2) is 23.6 Å². The molecule has 2 heterocycles. The van der Waals surface area contributed by atoms with E-state index in [-0.39, 0.29) is 0 Å². The van der Waals surface area contributed by atoms with Crippen molar-refractivity contribution in [1.29, 1.82) is 0 Å². The zero-order valence-corrected chi connectivity index (χ0v) is 9.23. The number of rotatable bonds is 2. The first-order valence-corrected chi connectivity index (χ1v) is 5.05. The van der Waals surface area contributed by atoms with Crippen LogP contribution in [0.25, 0.3) is 5.65 Å². The molecule has 2 rings (SSSR count). The maximum Gasteiger partial charge on any atom is 0.196 e. The monoisotopic (exact) mass is 202 g/mol. The van der Waals surface area contributed by atoms with Crippen molar-refractivity contribution in [3.05, 3.63) is 24.3 Å². The summed E-state index contributed by atoms with van der Waals surface area (Å²) in [6.07, 6.45) is 6.55. The van der Waals surface area contributed by atoms with Gasteiger partial charge in [0.05, 0.1) is 5.69 Å². The Labute approximate surface area is 88.7 Å². The SMILES string of the molecule is CCC(C)=Nc1nc(C)cn2ccnc12. The summed E-state index contributed by atoms with van der Waals surface area (Å²) in [5.41, 5.74) is 2.83. The van der Waals surface area contributed by atoms with Crippen LogP contribution in [0.1, 0.15) is 26.0 Å². The molecule has 0 aliphatic carbocycles. The summed E-state index contributed by atoms with van der Waals surface area (Å²) in [6, 6.07) is 0. The van der Waals surface area contributed by atoms with Gasteiger partial charge in [-0.3, -0.25) is 0 Å². The third-order valence-electron chi connectivity index (χ3n) is 2.29. The number of hydrogen-bond acceptors (Lipinski definition) is 3. The molecule has 0 unspecified atom stereocenters. The zero-order valence-electron chi connectivity index (χ0n) is 9.23. The van der Waals surface area contributed by atoms with E-state index < -0.39 is 0 Å². The van der Waals surface area contributed by atoms with E-state index in [9.17, 15) is 0 Å². The Kier molecular flexibility index (Phi) is 2.49. The lowest BCUT2D eigenvalue weighted by molar-refractivity contribution is 1.06. The Morgan fingerprint density at radius 1 is 1.53 bits per heavy atom. The fraction of sp³-hybridized carbons (Fsp3) is 0.364. The number of hydrogen-bond donors (Lipinski definition) is 0. The van der Waals surface area contributed by atoms with Gasteiger partial charge in [-0.15, -0.1) is 0 Å². The molecule has 0 N–H and O–H groups in total. The van der Waals surface area contributed by atoms with E-state index >= 15 is 0 Å². The minimum atomic E-state index is 0.708. The second-order valence-electron chi connectivity index (χ2n) is 3.56. The highest BCUT2D eigenvalue weighted by Crippen LogP contribution is 2.17. The maximum atomic E-state index is 4.46. The molecule has 0 bridgehead atoms. The Morgan fingerprint density at radius 2 is 2.33 bits per heavy atom. The molecular weight excluding hydrogens is 188 g/mol. The highest BCUT2D eigenvalue weighted by Gasteiger charge is 2.04. The molecule has 0 spiro atoms. The van der Waals surface area contributed by atoms with Crippen LogP contribution in [0.2, 0.25) is 0 Å². The van der Waals surface area contributed by atoms with Crippen molar-refractivity contribution >= 4 is 17.2 Å². The number of nitrogens with zero attached hydrogens (tertiary/aromatic N) is 4. The number of aryl methyl sites for hydroxylation is 1. The molecule has 4 heteroatoms. The Bertz CT molecular complexity index is 510. The minimum absolute atomic E-state index is 0.708. The van der Waals surface area contributed by atoms with Crippen LogP contribution in [0, 0.1) is 6.92 Å². The van der Waals surface area contributed by atoms with Gasteiger partial charge in [0.15, 0.2) is 11.5 Å². The van der Waals surface area contributed by atoms with Gasteiger partial charge >= 0.3 is 0 Å². The highest BCUT2D eigenvalue weighted by atomic mass is 15.1. The molecule has 0 amide bonds. The lowest BCUT2D eigenvalue weighted by atomic mass is 10.3. The molecule has 2 aromatic rings. The molecule has 15 heavy (non-hydrogen) atoms. The predicted molar refractivity (Wildman–Crippen MR) is 60.8 cm³/mol. The Balaban J connectivity index is 2.63. The van der Waals surface area contributed by atoms with E-state index in [0.29, 0.717) is 5.82 Å². The van der Waals surface area contributed by atoms with Crippen LogP contribution < -0.4 is 0 Å². The molecule has 0 aliphatic rings. The van der Waals surface area contributed by atoms with Gasteiger partial charge in [0.2, 0.25) is 0 Å². The average molecular weight is 202 g/mol. The number of aliphatic imine (C=N–C) groups is 1. The molecule has 0 aliphatic heterocycles. The highest BCUT2D eigenvalue weighted by molar-refractivity contribution is 5.85. The number of aromatic nitrogens is 3. The van der Waals surface area contributed by atoms with Crippen molar-refractivity contribution < 1.29 is 0 Å². The van der Waals surface area contributed by atoms with Crippen molar-refractivity contribution in [1.82, 2.24) is 14.4 Å². The second-order valence-corrected chi connectivity index (χ2v) is 3.56. The summed E-state index contributed by atoms with van der Waals surface area (Å²) in [7, 11) is 0. The van der Waals surface area contributed by atoms with Crippen LogP contribution in [-0.2, 0) is 0 Å². The topological polar surface area (TPSA) is 42.5 Å². The molecule has 0 aromatic carbocycles. The maximum absolute atomic E-state index is 4.46. The molecule has 0 saturated heterocycles. The van der Waals surface area contributed by atoms with Crippen molar-refractivity contribution in [2.45, 2.75) is 27.2 Å². The van der Waals surface area contributed by atoms with Crippen LogP contribution in [0.4, 0.5) is 5.82 Å². The fourth-order valence-electron chi connectivity index (χ4n) is 1.37. The minimum Gasteiger partial charge on any atom is -0.302 e. The summed E-state index contributed by atoms with van der Waals surface area (Å²) < 4.78 is 1.95. The van der Waals surface area contributed by atoms with Crippen LogP contribution in [-0.4, -0.2) is 20.1 Å². The summed E-state index contributed by atoms with van der Waals surface area (Å²) in [5, 5.41) is 0.